The number of hydrogen-bond donors (Lipinski definition) is 3. The van der Waals surface area contributed by atoms with Crippen molar-refractivity contribution in [3.63, 3.8) is 0 Å². The highest BCUT2D eigenvalue weighted by molar-refractivity contribution is 5.75. The number of benzene rings is 3. The van der Waals surface area contributed by atoms with Gasteiger partial charge in [-0.05, 0) is 86.6 Å². The zero-order chi connectivity index (χ0) is 26.8. The lowest BCUT2D eigenvalue weighted by atomic mass is 9.81. The standard InChI is InChI=1S/C34H41N3O2/c1-24(34(39,26-10-4-2-5-11-26)27-12-6-3-7-13-27)35-33(38)36-28-18-16-25(17-19-28)22-23-37-31-20-21-32(37)30-15-9-8-14-29(30)31/h2-15,24-25,28,31-32,39H,16-23H2,1H3,(H2,35,36,38)/t24-,25?,28?,31-,32+/m0/s1. The molecule has 3 atom stereocenters. The monoisotopic (exact) mass is 523 g/mol. The van der Waals surface area contributed by atoms with Crippen molar-refractivity contribution in [1.82, 2.24) is 15.5 Å². The molecule has 5 heteroatoms. The zero-order valence-corrected chi connectivity index (χ0v) is 22.9. The molecule has 3 N–H and O–H groups in total. The molecule has 3 aromatic rings. The lowest BCUT2D eigenvalue weighted by Gasteiger charge is -2.36. The maximum Gasteiger partial charge on any atom is 0.315 e. The third-order valence-electron chi connectivity index (χ3n) is 9.61. The molecule has 2 bridgehead atoms. The normalized spacial score (nSPS) is 25.2. The smallest absolute Gasteiger partial charge is 0.315 e. The van der Waals surface area contributed by atoms with Crippen LogP contribution in [-0.4, -0.2) is 34.7 Å². The van der Waals surface area contributed by atoms with E-state index in [9.17, 15) is 9.90 Å². The van der Waals surface area contributed by atoms with E-state index >= 15 is 0 Å². The van der Waals surface area contributed by atoms with E-state index in [0.717, 1.165) is 42.7 Å². The summed E-state index contributed by atoms with van der Waals surface area (Å²) in [5.74, 6) is 0.731. The van der Waals surface area contributed by atoms with Gasteiger partial charge in [-0.1, -0.05) is 84.9 Å². The molecule has 3 aromatic carbocycles. The highest BCUT2D eigenvalue weighted by Gasteiger charge is 2.43. The average molecular weight is 524 g/mol. The highest BCUT2D eigenvalue weighted by Crippen LogP contribution is 2.53. The minimum atomic E-state index is -1.33. The van der Waals surface area contributed by atoms with Gasteiger partial charge in [-0.2, -0.15) is 0 Å². The van der Waals surface area contributed by atoms with E-state index in [1.165, 1.54) is 25.8 Å². The van der Waals surface area contributed by atoms with Crippen molar-refractivity contribution in [2.45, 2.75) is 81.6 Å². The molecule has 2 fully saturated rings. The fourth-order valence-electron chi connectivity index (χ4n) is 7.47. The van der Waals surface area contributed by atoms with Gasteiger partial charge in [0.05, 0.1) is 6.04 Å². The van der Waals surface area contributed by atoms with Crippen molar-refractivity contribution in [3.8, 4) is 0 Å². The molecule has 1 saturated carbocycles. The largest absolute Gasteiger partial charge is 0.378 e. The van der Waals surface area contributed by atoms with Gasteiger partial charge in [0.25, 0.3) is 0 Å². The molecule has 2 aliphatic heterocycles. The van der Waals surface area contributed by atoms with Gasteiger partial charge in [0.2, 0.25) is 0 Å². The minimum absolute atomic E-state index is 0.183. The Morgan fingerprint density at radius 1 is 0.821 bits per heavy atom. The summed E-state index contributed by atoms with van der Waals surface area (Å²) in [6.45, 7) is 3.06. The van der Waals surface area contributed by atoms with Crippen LogP contribution in [0, 0.1) is 5.92 Å². The number of nitrogens with zero attached hydrogens (tertiary/aromatic N) is 1. The van der Waals surface area contributed by atoms with E-state index < -0.39 is 11.6 Å². The van der Waals surface area contributed by atoms with Crippen LogP contribution in [0.15, 0.2) is 84.9 Å². The molecular formula is C34H41N3O2. The predicted molar refractivity (Wildman–Crippen MR) is 155 cm³/mol. The maximum absolute atomic E-state index is 13.1. The number of hydrogen-bond acceptors (Lipinski definition) is 3. The number of aliphatic hydroxyl groups is 1. The Hall–Kier alpha value is -3.15. The van der Waals surface area contributed by atoms with Crippen LogP contribution in [0.25, 0.3) is 0 Å². The van der Waals surface area contributed by atoms with Gasteiger partial charge < -0.3 is 15.7 Å². The molecule has 0 unspecified atom stereocenters. The molecule has 204 valence electrons. The quantitative estimate of drug-likeness (QED) is 0.318. The third-order valence-corrected chi connectivity index (χ3v) is 9.61. The van der Waals surface area contributed by atoms with E-state index in [1.807, 2.05) is 67.6 Å². The fraction of sp³-hybridized carbons (Fsp3) is 0.441. The van der Waals surface area contributed by atoms with E-state index in [-0.39, 0.29) is 12.1 Å². The SMILES string of the molecule is C[C@H](NC(=O)NC1CCC(CCN2[C@@H]3CC[C@H]2c2ccccc23)CC1)C(O)(c1ccccc1)c1ccccc1. The second-order valence-corrected chi connectivity index (χ2v) is 11.8. The topological polar surface area (TPSA) is 64.6 Å². The van der Waals surface area contributed by atoms with Crippen LogP contribution >= 0.6 is 0 Å². The van der Waals surface area contributed by atoms with Crippen molar-refractivity contribution in [2.75, 3.05) is 6.54 Å². The molecule has 5 nitrogen and oxygen atoms in total. The Kier molecular flexibility index (Phi) is 7.46. The van der Waals surface area contributed by atoms with E-state index in [4.69, 9.17) is 0 Å². The van der Waals surface area contributed by atoms with Crippen LogP contribution in [0.5, 0.6) is 0 Å². The van der Waals surface area contributed by atoms with Gasteiger partial charge in [-0.3, -0.25) is 4.90 Å². The number of fused-ring (bicyclic) bond motifs is 5. The summed E-state index contributed by atoms with van der Waals surface area (Å²) in [5.41, 5.74) is 3.33. The van der Waals surface area contributed by atoms with Crippen molar-refractivity contribution in [2.24, 2.45) is 5.92 Å². The van der Waals surface area contributed by atoms with Crippen LogP contribution < -0.4 is 10.6 Å². The van der Waals surface area contributed by atoms with Gasteiger partial charge in [-0.15, -0.1) is 0 Å². The van der Waals surface area contributed by atoms with Crippen LogP contribution in [0.2, 0.25) is 0 Å². The molecular weight excluding hydrogens is 482 g/mol. The summed E-state index contributed by atoms with van der Waals surface area (Å²) in [4.78, 5) is 15.8. The first-order valence-electron chi connectivity index (χ1n) is 14.8. The van der Waals surface area contributed by atoms with Crippen LogP contribution in [-0.2, 0) is 5.60 Å². The van der Waals surface area contributed by atoms with E-state index in [1.54, 1.807) is 11.1 Å². The number of carbonyl (C=O) groups is 1. The molecule has 1 saturated heterocycles. The lowest BCUT2D eigenvalue weighted by Crippen LogP contribution is -2.54. The van der Waals surface area contributed by atoms with Gasteiger partial charge >= 0.3 is 6.03 Å². The number of urea groups is 1. The Balaban J connectivity index is 1.00. The zero-order valence-electron chi connectivity index (χ0n) is 22.9. The molecule has 0 aromatic heterocycles. The summed E-state index contributed by atoms with van der Waals surface area (Å²) >= 11 is 0. The predicted octanol–water partition coefficient (Wildman–Crippen LogP) is 6.45. The average Bonchev–Trinajstić information content (AvgIpc) is 3.53. The first kappa shape index (κ1) is 26.1. The molecule has 0 spiro atoms. The second-order valence-electron chi connectivity index (χ2n) is 11.8. The van der Waals surface area contributed by atoms with E-state index in [2.05, 4.69) is 39.8 Å². The van der Waals surface area contributed by atoms with Crippen molar-refractivity contribution in [1.29, 1.82) is 0 Å². The van der Waals surface area contributed by atoms with Crippen LogP contribution in [0.1, 0.15) is 86.2 Å². The first-order chi connectivity index (χ1) is 19.0. The summed E-state index contributed by atoms with van der Waals surface area (Å²) in [5, 5.41) is 18.2. The number of nitrogens with one attached hydrogen (secondary N) is 2. The maximum atomic E-state index is 13.1. The van der Waals surface area contributed by atoms with Gasteiger partial charge in [0, 0.05) is 18.1 Å². The van der Waals surface area contributed by atoms with Crippen LogP contribution in [0.3, 0.4) is 0 Å². The summed E-state index contributed by atoms with van der Waals surface area (Å²) < 4.78 is 0. The number of carbonyl (C=O) groups excluding carboxylic acids is 1. The highest BCUT2D eigenvalue weighted by atomic mass is 16.3. The number of amides is 2. The Labute approximate surface area is 232 Å². The molecule has 0 radical (unpaired) electrons. The third kappa shape index (κ3) is 5.10. The molecule has 39 heavy (non-hydrogen) atoms. The molecule has 1 aliphatic carbocycles. The Bertz CT molecular complexity index is 1190. The lowest BCUT2D eigenvalue weighted by molar-refractivity contribution is 0.0470. The molecule has 2 heterocycles. The second kappa shape index (κ2) is 11.1. The Morgan fingerprint density at radius 3 is 1.87 bits per heavy atom. The minimum Gasteiger partial charge on any atom is -0.378 e. The van der Waals surface area contributed by atoms with Crippen LogP contribution in [0.4, 0.5) is 4.79 Å². The molecule has 3 aliphatic rings. The van der Waals surface area contributed by atoms with Gasteiger partial charge in [0.15, 0.2) is 0 Å². The molecule has 6 rings (SSSR count). The fourth-order valence-corrected chi connectivity index (χ4v) is 7.47. The van der Waals surface area contributed by atoms with Crippen molar-refractivity contribution >= 4 is 6.03 Å². The number of rotatable bonds is 8. The van der Waals surface area contributed by atoms with Crippen molar-refractivity contribution in [3.05, 3.63) is 107 Å². The summed E-state index contributed by atoms with van der Waals surface area (Å²) in [6.07, 6.45) is 8.20. The van der Waals surface area contributed by atoms with E-state index in [0.29, 0.717) is 12.1 Å². The van der Waals surface area contributed by atoms with Gasteiger partial charge in [0.1, 0.15) is 5.60 Å². The summed E-state index contributed by atoms with van der Waals surface area (Å²) in [6, 6.07) is 28.9. The van der Waals surface area contributed by atoms with Gasteiger partial charge in [-0.25, -0.2) is 4.79 Å². The molecule has 2 amide bonds. The first-order valence-corrected chi connectivity index (χ1v) is 14.8. The Morgan fingerprint density at radius 2 is 1.33 bits per heavy atom. The summed E-state index contributed by atoms with van der Waals surface area (Å²) in [7, 11) is 0. The van der Waals surface area contributed by atoms with Crippen molar-refractivity contribution < 1.29 is 9.90 Å².